The van der Waals surface area contributed by atoms with Crippen molar-refractivity contribution in [1.82, 2.24) is 9.13 Å². The van der Waals surface area contributed by atoms with Gasteiger partial charge in [0.15, 0.2) is 0 Å². The Morgan fingerprint density at radius 2 is 0.962 bits per heavy atom. The van der Waals surface area contributed by atoms with Crippen molar-refractivity contribution in [3.8, 4) is 33.6 Å². The molecular formula is C50H28N2O. The predicted octanol–water partition coefficient (Wildman–Crippen LogP) is 13.7. The SMILES string of the molecule is c1ccc2cc(-n3c4ccccc4c4ccc5c6ccc7oc8ccccc8c7c6n(-c6ccc7c(c6)-c6cccc8cccc-7c68)c5c43)ccc2c1. The van der Waals surface area contributed by atoms with E-state index >= 15 is 0 Å². The van der Waals surface area contributed by atoms with Crippen LogP contribution in [0.3, 0.4) is 0 Å². The minimum absolute atomic E-state index is 0.896. The molecule has 0 radical (unpaired) electrons. The molecule has 0 bridgehead atoms. The number of nitrogens with zero attached hydrogens (tertiary/aromatic N) is 2. The standard InChI is InChI=1S/C50H28N2O/c1-2-10-31-27-32(20-19-29(31)9-1)51-43-17-5-3-13-35(43)38-23-24-40-39-25-26-45-47(41-14-4-6-18-44(41)53-45)48(39)52(50(40)49(38)51)33-21-22-34-36-15-7-11-30-12-8-16-37(46(30)36)42(34)28-33/h1-28H. The van der Waals surface area contributed by atoms with Gasteiger partial charge >= 0.3 is 0 Å². The number of hydrogen-bond acceptors (Lipinski definition) is 1. The van der Waals surface area contributed by atoms with Crippen LogP contribution in [0.1, 0.15) is 0 Å². The molecule has 0 N–H and O–H groups in total. The largest absolute Gasteiger partial charge is 0.456 e. The van der Waals surface area contributed by atoms with Crippen LogP contribution in [0.4, 0.5) is 0 Å². The highest BCUT2D eigenvalue weighted by atomic mass is 16.3. The third-order valence-corrected chi connectivity index (χ3v) is 11.8. The Morgan fingerprint density at radius 1 is 0.321 bits per heavy atom. The number of benzene rings is 9. The van der Waals surface area contributed by atoms with Gasteiger partial charge in [-0.3, -0.25) is 0 Å². The predicted molar refractivity (Wildman–Crippen MR) is 222 cm³/mol. The van der Waals surface area contributed by atoms with Crippen molar-refractivity contribution >= 4 is 87.1 Å². The van der Waals surface area contributed by atoms with Crippen LogP contribution in [0, 0.1) is 0 Å². The van der Waals surface area contributed by atoms with Crippen LogP contribution >= 0.6 is 0 Å². The van der Waals surface area contributed by atoms with E-state index in [4.69, 9.17) is 4.42 Å². The molecule has 1 aliphatic rings. The van der Waals surface area contributed by atoms with E-state index in [1.165, 1.54) is 87.4 Å². The summed E-state index contributed by atoms with van der Waals surface area (Å²) in [4.78, 5) is 0. The van der Waals surface area contributed by atoms with Gasteiger partial charge in [-0.15, -0.1) is 0 Å². The van der Waals surface area contributed by atoms with Crippen molar-refractivity contribution in [2.45, 2.75) is 0 Å². The van der Waals surface area contributed by atoms with Crippen LogP contribution < -0.4 is 0 Å². The lowest BCUT2D eigenvalue weighted by Crippen LogP contribution is -1.99. The van der Waals surface area contributed by atoms with Gasteiger partial charge in [0, 0.05) is 38.3 Å². The third kappa shape index (κ3) is 3.49. The molecule has 0 saturated heterocycles. The second kappa shape index (κ2) is 9.81. The number of hydrogen-bond donors (Lipinski definition) is 0. The smallest absolute Gasteiger partial charge is 0.137 e. The van der Waals surface area contributed by atoms with E-state index in [-0.39, 0.29) is 0 Å². The zero-order valence-corrected chi connectivity index (χ0v) is 28.5. The van der Waals surface area contributed by atoms with Crippen LogP contribution in [-0.4, -0.2) is 9.13 Å². The Bertz CT molecular complexity index is 3570. The van der Waals surface area contributed by atoms with E-state index < -0.39 is 0 Å². The van der Waals surface area contributed by atoms with E-state index in [0.717, 1.165) is 33.3 Å². The van der Waals surface area contributed by atoms with E-state index in [2.05, 4.69) is 179 Å². The lowest BCUT2D eigenvalue weighted by Gasteiger charge is -2.14. The fourth-order valence-electron chi connectivity index (χ4n) is 9.61. The molecule has 0 fully saturated rings. The first-order valence-electron chi connectivity index (χ1n) is 18.3. The molecule has 0 amide bonds. The Labute approximate surface area is 303 Å². The highest BCUT2D eigenvalue weighted by Crippen LogP contribution is 2.50. The lowest BCUT2D eigenvalue weighted by molar-refractivity contribution is 0.669. The molecule has 3 aromatic heterocycles. The summed E-state index contributed by atoms with van der Waals surface area (Å²) in [7, 11) is 0. The van der Waals surface area contributed by atoms with E-state index in [1.54, 1.807) is 0 Å². The molecule has 0 aliphatic heterocycles. The lowest BCUT2D eigenvalue weighted by atomic mass is 10.0. The van der Waals surface area contributed by atoms with Gasteiger partial charge in [0.05, 0.1) is 27.5 Å². The summed E-state index contributed by atoms with van der Waals surface area (Å²) in [5.74, 6) is 0. The van der Waals surface area contributed by atoms with Gasteiger partial charge < -0.3 is 13.6 Å². The molecule has 3 heterocycles. The van der Waals surface area contributed by atoms with Crippen molar-refractivity contribution in [2.75, 3.05) is 0 Å². The normalized spacial score (nSPS) is 12.5. The highest BCUT2D eigenvalue weighted by molar-refractivity contribution is 6.29. The van der Waals surface area contributed by atoms with Crippen LogP contribution in [-0.2, 0) is 0 Å². The van der Waals surface area contributed by atoms with Gasteiger partial charge in [0.25, 0.3) is 0 Å². The Hall–Kier alpha value is -7.10. The topological polar surface area (TPSA) is 23.0 Å². The molecule has 9 aromatic carbocycles. The van der Waals surface area contributed by atoms with Crippen LogP contribution in [0.2, 0.25) is 0 Å². The molecular weight excluding hydrogens is 645 g/mol. The second-order valence-corrected chi connectivity index (χ2v) is 14.4. The molecule has 1 aliphatic carbocycles. The first kappa shape index (κ1) is 27.6. The molecule has 0 atom stereocenters. The van der Waals surface area contributed by atoms with E-state index in [9.17, 15) is 0 Å². The van der Waals surface area contributed by atoms with Crippen LogP contribution in [0.25, 0.3) is 121 Å². The van der Waals surface area contributed by atoms with Crippen molar-refractivity contribution in [3.05, 3.63) is 170 Å². The number of furan rings is 1. The summed E-state index contributed by atoms with van der Waals surface area (Å²) in [6, 6.07) is 62.3. The average Bonchev–Trinajstić information content (AvgIpc) is 3.95. The molecule has 13 rings (SSSR count). The molecule has 3 nitrogen and oxygen atoms in total. The van der Waals surface area contributed by atoms with Gasteiger partial charge in [-0.2, -0.15) is 0 Å². The summed E-state index contributed by atoms with van der Waals surface area (Å²) in [6.45, 7) is 0. The van der Waals surface area contributed by atoms with Crippen LogP contribution in [0.15, 0.2) is 174 Å². The molecule has 244 valence electrons. The van der Waals surface area contributed by atoms with Gasteiger partial charge in [0.2, 0.25) is 0 Å². The summed E-state index contributed by atoms with van der Waals surface area (Å²) in [6.07, 6.45) is 0. The van der Waals surface area contributed by atoms with Crippen molar-refractivity contribution in [3.63, 3.8) is 0 Å². The number of fused-ring (bicyclic) bond motifs is 15. The maximum Gasteiger partial charge on any atom is 0.137 e. The van der Waals surface area contributed by atoms with Gasteiger partial charge in [0.1, 0.15) is 11.2 Å². The molecule has 0 spiro atoms. The first-order valence-corrected chi connectivity index (χ1v) is 18.3. The van der Waals surface area contributed by atoms with Gasteiger partial charge in [-0.05, 0) is 92.3 Å². The molecule has 53 heavy (non-hydrogen) atoms. The minimum atomic E-state index is 0.896. The van der Waals surface area contributed by atoms with Crippen LogP contribution in [0.5, 0.6) is 0 Å². The molecule has 12 aromatic rings. The van der Waals surface area contributed by atoms with Gasteiger partial charge in [-0.1, -0.05) is 121 Å². The maximum atomic E-state index is 6.55. The summed E-state index contributed by atoms with van der Waals surface area (Å²) in [5.41, 5.74) is 14.0. The zero-order valence-electron chi connectivity index (χ0n) is 28.5. The Balaban J connectivity index is 1.25. The van der Waals surface area contributed by atoms with E-state index in [0.29, 0.717) is 0 Å². The van der Waals surface area contributed by atoms with E-state index in [1.807, 2.05) is 0 Å². The average molecular weight is 673 g/mol. The summed E-state index contributed by atoms with van der Waals surface area (Å²) < 4.78 is 11.6. The number of aromatic nitrogens is 2. The molecule has 0 saturated carbocycles. The number of rotatable bonds is 2. The zero-order chi connectivity index (χ0) is 34.4. The van der Waals surface area contributed by atoms with Crippen molar-refractivity contribution < 1.29 is 4.42 Å². The quantitative estimate of drug-likeness (QED) is 0.179. The molecule has 0 unspecified atom stereocenters. The summed E-state index contributed by atoms with van der Waals surface area (Å²) >= 11 is 0. The summed E-state index contributed by atoms with van der Waals surface area (Å²) in [5, 5.41) is 12.2. The Kier molecular flexibility index (Phi) is 5.11. The minimum Gasteiger partial charge on any atom is -0.456 e. The Morgan fingerprint density at radius 3 is 1.85 bits per heavy atom. The van der Waals surface area contributed by atoms with Crippen molar-refractivity contribution in [2.24, 2.45) is 0 Å². The molecule has 3 heteroatoms. The monoisotopic (exact) mass is 672 g/mol. The second-order valence-electron chi connectivity index (χ2n) is 14.4. The third-order valence-electron chi connectivity index (χ3n) is 11.8. The van der Waals surface area contributed by atoms with Crippen molar-refractivity contribution in [1.29, 1.82) is 0 Å². The fourth-order valence-corrected chi connectivity index (χ4v) is 9.61. The van der Waals surface area contributed by atoms with Gasteiger partial charge in [-0.25, -0.2) is 0 Å². The maximum absolute atomic E-state index is 6.55. The first-order chi connectivity index (χ1) is 26.3. The highest BCUT2D eigenvalue weighted by Gasteiger charge is 2.26. The fraction of sp³-hybridized carbons (Fsp3) is 0. The number of para-hydroxylation sites is 2.